The molecule has 0 atom stereocenters. The van der Waals surface area contributed by atoms with E-state index in [0.717, 1.165) is 42.2 Å². The predicted octanol–water partition coefficient (Wildman–Crippen LogP) is 2.77. The molecule has 1 aromatic rings. The van der Waals surface area contributed by atoms with Crippen molar-refractivity contribution in [2.75, 3.05) is 36.4 Å². The van der Waals surface area contributed by atoms with E-state index in [4.69, 9.17) is 11.6 Å². The quantitative estimate of drug-likeness (QED) is 0.795. The molecule has 1 aromatic carbocycles. The number of benzene rings is 1. The first kappa shape index (κ1) is 13.7. The van der Waals surface area contributed by atoms with Crippen LogP contribution in [0.15, 0.2) is 24.3 Å². The molecule has 0 unspecified atom stereocenters. The lowest BCUT2D eigenvalue weighted by Gasteiger charge is -2.36. The third-order valence-corrected chi connectivity index (χ3v) is 3.85. The fraction of sp³-hybridized carbons (Fsp3) is 0.462. The molecule has 1 heterocycles. The van der Waals surface area contributed by atoms with Crippen LogP contribution in [-0.4, -0.2) is 42.3 Å². The number of rotatable bonds is 3. The van der Waals surface area contributed by atoms with E-state index >= 15 is 0 Å². The van der Waals surface area contributed by atoms with Gasteiger partial charge in [-0.1, -0.05) is 39.7 Å². The van der Waals surface area contributed by atoms with Gasteiger partial charge in [0.25, 0.3) is 0 Å². The number of nitrogens with zero attached hydrogens (tertiary/aromatic N) is 2. The number of amides is 1. The Hall–Kier alpha value is -0.740. The third kappa shape index (κ3) is 3.18. The molecule has 2 rings (SSSR count). The van der Waals surface area contributed by atoms with Crippen molar-refractivity contribution in [2.45, 2.75) is 6.42 Å². The molecule has 0 N–H and O–H groups in total. The lowest BCUT2D eigenvalue weighted by atomic mass is 10.2. The van der Waals surface area contributed by atoms with Gasteiger partial charge in [-0.05, 0) is 12.1 Å². The Morgan fingerprint density at radius 3 is 2.50 bits per heavy atom. The van der Waals surface area contributed by atoms with Crippen molar-refractivity contribution >= 4 is 39.1 Å². The van der Waals surface area contributed by atoms with E-state index in [9.17, 15) is 4.79 Å². The number of halogens is 2. The minimum Gasteiger partial charge on any atom is -0.367 e. The van der Waals surface area contributed by atoms with Gasteiger partial charge in [-0.2, -0.15) is 0 Å². The molecule has 1 amide bonds. The fourth-order valence-electron chi connectivity index (χ4n) is 2.14. The van der Waals surface area contributed by atoms with Crippen molar-refractivity contribution in [3.8, 4) is 0 Å². The number of hydrogen-bond donors (Lipinski definition) is 0. The highest BCUT2D eigenvalue weighted by molar-refractivity contribution is 9.09. The minimum absolute atomic E-state index is 0.227. The molecule has 0 aliphatic carbocycles. The average Bonchev–Trinajstić information content (AvgIpc) is 2.40. The molecular weight excluding hydrogens is 316 g/mol. The highest BCUT2D eigenvalue weighted by Gasteiger charge is 2.21. The van der Waals surface area contributed by atoms with E-state index in [1.165, 1.54) is 0 Å². The summed E-state index contributed by atoms with van der Waals surface area (Å²) in [6, 6.07) is 7.85. The summed E-state index contributed by atoms with van der Waals surface area (Å²) in [5, 5.41) is 1.51. The largest absolute Gasteiger partial charge is 0.367 e. The average molecular weight is 332 g/mol. The highest BCUT2D eigenvalue weighted by Crippen LogP contribution is 2.26. The Morgan fingerprint density at radius 1 is 1.22 bits per heavy atom. The molecule has 1 aliphatic heterocycles. The van der Waals surface area contributed by atoms with Crippen molar-refractivity contribution in [1.82, 2.24) is 4.90 Å². The molecule has 0 spiro atoms. The van der Waals surface area contributed by atoms with Crippen LogP contribution in [0.2, 0.25) is 5.02 Å². The zero-order valence-corrected chi connectivity index (χ0v) is 12.5. The van der Waals surface area contributed by atoms with Gasteiger partial charge in [-0.3, -0.25) is 4.79 Å². The summed E-state index contributed by atoms with van der Waals surface area (Å²) < 4.78 is 0. The molecule has 18 heavy (non-hydrogen) atoms. The summed E-state index contributed by atoms with van der Waals surface area (Å²) in [4.78, 5) is 15.9. The summed E-state index contributed by atoms with van der Waals surface area (Å²) in [6.45, 7) is 3.24. The second-order valence-corrected chi connectivity index (χ2v) is 5.46. The molecule has 1 aliphatic rings. The summed E-state index contributed by atoms with van der Waals surface area (Å²) in [5.41, 5.74) is 1.06. The van der Waals surface area contributed by atoms with Crippen LogP contribution in [-0.2, 0) is 4.79 Å². The zero-order chi connectivity index (χ0) is 13.0. The number of para-hydroxylation sites is 1. The Morgan fingerprint density at radius 2 is 1.89 bits per heavy atom. The minimum atomic E-state index is 0.227. The molecule has 1 fully saturated rings. The van der Waals surface area contributed by atoms with Crippen LogP contribution >= 0.6 is 27.5 Å². The van der Waals surface area contributed by atoms with Crippen molar-refractivity contribution in [3.63, 3.8) is 0 Å². The van der Waals surface area contributed by atoms with Crippen molar-refractivity contribution < 1.29 is 4.79 Å². The van der Waals surface area contributed by atoms with E-state index in [2.05, 4.69) is 20.8 Å². The van der Waals surface area contributed by atoms with Gasteiger partial charge in [-0.15, -0.1) is 0 Å². The Bertz CT molecular complexity index is 419. The second-order valence-electron chi connectivity index (χ2n) is 4.26. The van der Waals surface area contributed by atoms with Crippen molar-refractivity contribution in [1.29, 1.82) is 0 Å². The predicted molar refractivity (Wildman–Crippen MR) is 78.7 cm³/mol. The van der Waals surface area contributed by atoms with Gasteiger partial charge in [0.05, 0.1) is 10.7 Å². The van der Waals surface area contributed by atoms with Gasteiger partial charge in [0, 0.05) is 37.9 Å². The Kier molecular flexibility index (Phi) is 4.89. The van der Waals surface area contributed by atoms with Crippen LogP contribution in [0.25, 0.3) is 0 Å². The molecule has 0 aromatic heterocycles. The number of anilines is 1. The Balaban J connectivity index is 1.95. The van der Waals surface area contributed by atoms with Gasteiger partial charge in [0.2, 0.25) is 5.91 Å². The fourth-order valence-corrected chi connectivity index (χ4v) is 2.74. The van der Waals surface area contributed by atoms with Crippen LogP contribution in [0.4, 0.5) is 5.69 Å². The highest BCUT2D eigenvalue weighted by atomic mass is 79.9. The maximum Gasteiger partial charge on any atom is 0.223 e. The zero-order valence-electron chi connectivity index (χ0n) is 10.1. The molecule has 0 saturated carbocycles. The number of hydrogen-bond acceptors (Lipinski definition) is 2. The van der Waals surface area contributed by atoms with Crippen molar-refractivity contribution in [2.24, 2.45) is 0 Å². The lowest BCUT2D eigenvalue weighted by molar-refractivity contribution is -0.131. The maximum absolute atomic E-state index is 11.8. The third-order valence-electron chi connectivity index (χ3n) is 3.13. The van der Waals surface area contributed by atoms with Crippen molar-refractivity contribution in [3.05, 3.63) is 29.3 Å². The molecule has 98 valence electrons. The smallest absolute Gasteiger partial charge is 0.223 e. The van der Waals surface area contributed by atoms with Gasteiger partial charge in [-0.25, -0.2) is 0 Å². The SMILES string of the molecule is O=C(CCBr)N1CCN(c2ccccc2Cl)CC1. The lowest BCUT2D eigenvalue weighted by Crippen LogP contribution is -2.48. The summed E-state index contributed by atoms with van der Waals surface area (Å²) >= 11 is 9.48. The number of carbonyl (C=O) groups is 1. The first-order valence-electron chi connectivity index (χ1n) is 6.05. The van der Waals surface area contributed by atoms with Gasteiger partial charge in [0.1, 0.15) is 0 Å². The number of alkyl halides is 1. The van der Waals surface area contributed by atoms with Gasteiger partial charge in [0.15, 0.2) is 0 Å². The summed E-state index contributed by atoms with van der Waals surface area (Å²) in [7, 11) is 0. The van der Waals surface area contributed by atoms with E-state index in [0.29, 0.717) is 6.42 Å². The molecule has 0 bridgehead atoms. The topological polar surface area (TPSA) is 23.6 Å². The first-order valence-corrected chi connectivity index (χ1v) is 7.55. The molecular formula is C13H16BrClN2O. The second kappa shape index (κ2) is 6.43. The van der Waals surface area contributed by atoms with Crippen LogP contribution in [0.1, 0.15) is 6.42 Å². The number of piperazine rings is 1. The first-order chi connectivity index (χ1) is 8.72. The standard InChI is InChI=1S/C13H16BrClN2O/c14-6-5-13(18)17-9-7-16(8-10-17)12-4-2-1-3-11(12)15/h1-4H,5-10H2. The summed E-state index contributed by atoms with van der Waals surface area (Å²) in [6.07, 6.45) is 0.575. The molecule has 1 saturated heterocycles. The van der Waals surface area contributed by atoms with E-state index in [1.807, 2.05) is 29.2 Å². The van der Waals surface area contributed by atoms with E-state index < -0.39 is 0 Å². The van der Waals surface area contributed by atoms with E-state index in [-0.39, 0.29) is 5.91 Å². The van der Waals surface area contributed by atoms with Crippen LogP contribution in [0, 0.1) is 0 Å². The molecule has 0 radical (unpaired) electrons. The molecule has 5 heteroatoms. The maximum atomic E-state index is 11.8. The van der Waals surface area contributed by atoms with Gasteiger partial charge >= 0.3 is 0 Å². The van der Waals surface area contributed by atoms with Crippen LogP contribution < -0.4 is 4.90 Å². The van der Waals surface area contributed by atoms with Crippen LogP contribution in [0.5, 0.6) is 0 Å². The normalized spacial score (nSPS) is 15.9. The Labute approximate surface area is 121 Å². The van der Waals surface area contributed by atoms with Gasteiger partial charge < -0.3 is 9.80 Å². The number of carbonyl (C=O) groups excluding carboxylic acids is 1. The summed E-state index contributed by atoms with van der Waals surface area (Å²) in [5.74, 6) is 0.227. The van der Waals surface area contributed by atoms with Crippen LogP contribution in [0.3, 0.4) is 0 Å². The monoisotopic (exact) mass is 330 g/mol. The molecule has 3 nitrogen and oxygen atoms in total. The van der Waals surface area contributed by atoms with E-state index in [1.54, 1.807) is 0 Å².